The molecule has 0 bridgehead atoms. The molecule has 80 heavy (non-hydrogen) atoms. The Labute approximate surface area is 458 Å². The molecular weight excluding hydrogens is 975 g/mol. The Hall–Kier alpha value is -11.1. The second kappa shape index (κ2) is 17.0. The average Bonchev–Trinajstić information content (AvgIpc) is 4.39. The minimum atomic E-state index is 0.556. The maximum Gasteiger partial charge on any atom is 0.187 e. The van der Waals surface area contributed by atoms with Gasteiger partial charge in [-0.3, -0.25) is 0 Å². The van der Waals surface area contributed by atoms with Gasteiger partial charge in [0, 0.05) is 76.8 Å². The van der Waals surface area contributed by atoms with Crippen molar-refractivity contribution in [3.63, 3.8) is 0 Å². The van der Waals surface area contributed by atoms with Crippen molar-refractivity contribution in [2.45, 2.75) is 0 Å². The maximum atomic E-state index is 8.00. The third kappa shape index (κ3) is 6.42. The number of rotatable bonds is 6. The van der Waals surface area contributed by atoms with E-state index in [0.717, 1.165) is 105 Å². The highest BCUT2D eigenvalue weighted by Gasteiger charge is 2.23. The van der Waals surface area contributed by atoms with Gasteiger partial charge in [0.2, 0.25) is 0 Å². The van der Waals surface area contributed by atoms with Crippen molar-refractivity contribution in [3.05, 3.63) is 272 Å². The van der Waals surface area contributed by atoms with E-state index in [1.165, 1.54) is 43.6 Å². The van der Waals surface area contributed by atoms with Gasteiger partial charge in [-0.25, -0.2) is 14.8 Å². The lowest BCUT2D eigenvalue weighted by Crippen LogP contribution is -2.02. The summed E-state index contributed by atoms with van der Waals surface area (Å²) in [5.41, 5.74) is 17.1. The summed E-state index contributed by atoms with van der Waals surface area (Å²) >= 11 is 0. The van der Waals surface area contributed by atoms with E-state index in [1.807, 2.05) is 18.2 Å². The summed E-state index contributed by atoms with van der Waals surface area (Å²) in [6, 6.07) is 93.5. The van der Waals surface area contributed by atoms with E-state index in [2.05, 4.69) is 266 Å². The zero-order chi connectivity index (χ0) is 52.6. The molecule has 370 valence electrons. The minimum absolute atomic E-state index is 0.556. The van der Waals surface area contributed by atoms with Gasteiger partial charge in [0.15, 0.2) is 11.5 Å². The van der Waals surface area contributed by atoms with Gasteiger partial charge in [-0.15, -0.1) is 0 Å². The van der Waals surface area contributed by atoms with Crippen molar-refractivity contribution in [2.24, 2.45) is 0 Å². The van der Waals surface area contributed by atoms with Gasteiger partial charge < -0.3 is 18.3 Å². The molecule has 5 heterocycles. The first-order valence-electron chi connectivity index (χ1n) is 27.0. The molecule has 0 aliphatic carbocycles. The fraction of sp³-hybridized carbons (Fsp3) is 0. The van der Waals surface area contributed by atoms with Crippen LogP contribution in [0.25, 0.3) is 159 Å². The first-order valence-corrected chi connectivity index (χ1v) is 27.0. The van der Waals surface area contributed by atoms with Crippen LogP contribution in [0.3, 0.4) is 0 Å². The number of fused-ring (bicyclic) bond motifs is 15. The van der Waals surface area contributed by atoms with Gasteiger partial charge >= 0.3 is 0 Å². The molecule has 7 nitrogen and oxygen atoms in total. The summed E-state index contributed by atoms with van der Waals surface area (Å²) in [6.45, 7) is 8.00. The van der Waals surface area contributed by atoms with E-state index in [4.69, 9.17) is 16.5 Å². The SMILES string of the molecule is [C-]#[N+]c1cccc(-c2nc(-c3cc(-n4c5ccccc5c5cc(-n6c7ccccc7c7ccccc76)ccc54)cc(-n4c5ccccc5c5cc(-n6c7ccccc7c7ccccc76)ccc54)c3)nc3ccc4ccccc4c23)c1. The van der Waals surface area contributed by atoms with Crippen molar-refractivity contribution in [2.75, 3.05) is 0 Å². The Morgan fingerprint density at radius 1 is 0.287 bits per heavy atom. The van der Waals surface area contributed by atoms with Crippen molar-refractivity contribution in [1.29, 1.82) is 0 Å². The molecule has 5 aromatic heterocycles. The van der Waals surface area contributed by atoms with E-state index in [-0.39, 0.29) is 0 Å². The number of nitrogens with zero attached hydrogens (tertiary/aromatic N) is 7. The van der Waals surface area contributed by atoms with Gasteiger partial charge in [0.1, 0.15) is 0 Å². The first kappa shape index (κ1) is 44.1. The molecule has 17 aromatic rings. The quantitative estimate of drug-likeness (QED) is 0.123. The molecule has 0 N–H and O–H groups in total. The van der Waals surface area contributed by atoms with Gasteiger partial charge in [-0.2, -0.15) is 0 Å². The van der Waals surface area contributed by atoms with Crippen LogP contribution >= 0.6 is 0 Å². The standard InChI is InChI=1S/C73H43N7/c1-74-48-19-16-18-46(39-48)72-71-53-20-3-2-17-45(53)33-36-62(71)75-73(76-72)47-40-51(79-67-31-14-8-25-58(67)60-43-49(34-37-69(60)79)77-63-27-10-4-21-54(63)55-22-5-11-28-64(55)77)42-52(41-47)80-68-32-15-9-26-59(68)61-44-50(35-38-70(61)80)78-65-29-12-6-23-56(65)57-24-7-13-30-66(57)78/h2-44H. The summed E-state index contributed by atoms with van der Waals surface area (Å²) in [5, 5.41) is 12.6. The number of para-hydroxylation sites is 6. The third-order valence-corrected chi connectivity index (χ3v) is 16.5. The Morgan fingerprint density at radius 2 is 0.700 bits per heavy atom. The molecule has 0 fully saturated rings. The summed E-state index contributed by atoms with van der Waals surface area (Å²) in [6.07, 6.45) is 0. The van der Waals surface area contributed by atoms with Crippen LogP contribution in [-0.4, -0.2) is 28.2 Å². The molecule has 0 unspecified atom stereocenters. The first-order chi connectivity index (χ1) is 39.6. The number of aromatic nitrogens is 6. The lowest BCUT2D eigenvalue weighted by Gasteiger charge is -2.17. The van der Waals surface area contributed by atoms with E-state index >= 15 is 0 Å². The molecule has 0 atom stereocenters. The largest absolute Gasteiger partial charge is 0.309 e. The van der Waals surface area contributed by atoms with Crippen molar-refractivity contribution in [3.8, 4) is 45.4 Å². The molecule has 0 spiro atoms. The van der Waals surface area contributed by atoms with E-state index < -0.39 is 0 Å². The highest BCUT2D eigenvalue weighted by atomic mass is 15.0. The molecule has 0 amide bonds. The Kier molecular flexibility index (Phi) is 9.35. The molecule has 0 aliphatic rings. The van der Waals surface area contributed by atoms with Crippen LogP contribution in [0.15, 0.2) is 261 Å². The van der Waals surface area contributed by atoms with Crippen LogP contribution in [-0.2, 0) is 0 Å². The normalized spacial score (nSPS) is 12.0. The Balaban J connectivity index is 0.947. The number of hydrogen-bond acceptors (Lipinski definition) is 2. The van der Waals surface area contributed by atoms with Crippen molar-refractivity contribution < 1.29 is 0 Å². The second-order valence-electron chi connectivity index (χ2n) is 20.8. The van der Waals surface area contributed by atoms with Gasteiger partial charge in [0.25, 0.3) is 0 Å². The van der Waals surface area contributed by atoms with Crippen LogP contribution in [0.2, 0.25) is 0 Å². The molecule has 12 aromatic carbocycles. The molecule has 0 saturated carbocycles. The summed E-state index contributed by atoms with van der Waals surface area (Å²) in [5.74, 6) is 0.586. The minimum Gasteiger partial charge on any atom is -0.309 e. The average molecular weight is 1020 g/mol. The molecular formula is C73H43N7. The van der Waals surface area contributed by atoms with E-state index in [0.29, 0.717) is 11.5 Å². The van der Waals surface area contributed by atoms with E-state index in [9.17, 15) is 0 Å². The molecule has 0 saturated heterocycles. The van der Waals surface area contributed by atoms with E-state index in [1.54, 1.807) is 0 Å². The van der Waals surface area contributed by atoms with Crippen molar-refractivity contribution >= 4 is 115 Å². The fourth-order valence-corrected chi connectivity index (χ4v) is 13.1. The second-order valence-corrected chi connectivity index (χ2v) is 20.8. The van der Waals surface area contributed by atoms with Crippen LogP contribution in [0.1, 0.15) is 0 Å². The number of hydrogen-bond donors (Lipinski definition) is 0. The highest BCUT2D eigenvalue weighted by molar-refractivity contribution is 6.16. The smallest absolute Gasteiger partial charge is 0.187 e. The molecule has 0 aliphatic heterocycles. The maximum absolute atomic E-state index is 8.00. The molecule has 7 heteroatoms. The van der Waals surface area contributed by atoms with Gasteiger partial charge in [-0.05, 0) is 119 Å². The summed E-state index contributed by atoms with van der Waals surface area (Å²) in [7, 11) is 0. The monoisotopic (exact) mass is 1020 g/mol. The zero-order valence-corrected chi connectivity index (χ0v) is 43.0. The topological polar surface area (TPSA) is 49.9 Å². The van der Waals surface area contributed by atoms with Crippen LogP contribution in [0.4, 0.5) is 5.69 Å². The molecule has 17 rings (SSSR count). The lowest BCUT2D eigenvalue weighted by molar-refractivity contribution is 1.12. The summed E-state index contributed by atoms with van der Waals surface area (Å²) in [4.78, 5) is 15.0. The lowest BCUT2D eigenvalue weighted by atomic mass is 9.99. The Bertz CT molecular complexity index is 5170. The predicted octanol–water partition coefficient (Wildman–Crippen LogP) is 19.1. The van der Waals surface area contributed by atoms with Crippen LogP contribution in [0.5, 0.6) is 0 Å². The molecule has 0 radical (unpaired) electrons. The van der Waals surface area contributed by atoms with Crippen molar-refractivity contribution in [1.82, 2.24) is 28.2 Å². The van der Waals surface area contributed by atoms with Crippen LogP contribution in [0, 0.1) is 6.57 Å². The third-order valence-electron chi connectivity index (χ3n) is 16.5. The fourth-order valence-electron chi connectivity index (χ4n) is 13.1. The van der Waals surface area contributed by atoms with Gasteiger partial charge in [-0.1, -0.05) is 158 Å². The summed E-state index contributed by atoms with van der Waals surface area (Å²) < 4.78 is 9.62. The van der Waals surface area contributed by atoms with Gasteiger partial charge in [0.05, 0.1) is 61.9 Å². The Morgan fingerprint density at radius 3 is 1.18 bits per heavy atom. The number of benzene rings is 12. The predicted molar refractivity (Wildman–Crippen MR) is 332 cm³/mol. The van der Waals surface area contributed by atoms with Crippen LogP contribution < -0.4 is 0 Å². The highest BCUT2D eigenvalue weighted by Crippen LogP contribution is 2.43. The zero-order valence-electron chi connectivity index (χ0n) is 43.0.